The van der Waals surface area contributed by atoms with Crippen molar-refractivity contribution in [3.8, 4) is 0 Å². The van der Waals surface area contributed by atoms with Gasteiger partial charge in [0.15, 0.2) is 0 Å². The first-order chi connectivity index (χ1) is 20.8. The van der Waals surface area contributed by atoms with Gasteiger partial charge in [-0.15, -0.1) is 0 Å². The number of piperazine rings is 1. The summed E-state index contributed by atoms with van der Waals surface area (Å²) in [6, 6.07) is 22.2. The Hall–Kier alpha value is -4.34. The van der Waals surface area contributed by atoms with Crippen LogP contribution in [-0.4, -0.2) is 83.6 Å². The molecule has 2 fully saturated rings. The van der Waals surface area contributed by atoms with Crippen LogP contribution in [-0.2, 0) is 29.1 Å². The highest BCUT2D eigenvalue weighted by atomic mass is 35.5. The molecule has 3 aliphatic rings. The second-order valence-corrected chi connectivity index (χ2v) is 11.6. The van der Waals surface area contributed by atoms with E-state index in [0.717, 1.165) is 34.5 Å². The summed E-state index contributed by atoms with van der Waals surface area (Å²) in [5.74, 6) is -0.309. The fraction of sp³-hybridized carbons (Fsp3) is 0.303. The maximum Gasteiger partial charge on any atom is 0.332 e. The van der Waals surface area contributed by atoms with Gasteiger partial charge in [0.05, 0.1) is 18.8 Å². The number of likely N-dealkylation sites (N-methyl/N-ethyl adjacent to an activating group) is 1. The minimum absolute atomic E-state index is 0.00135. The molecule has 2 saturated heterocycles. The van der Waals surface area contributed by atoms with Crippen molar-refractivity contribution in [2.24, 2.45) is 0 Å². The second-order valence-electron chi connectivity index (χ2n) is 11.2. The lowest BCUT2D eigenvalue weighted by Crippen LogP contribution is -2.65. The van der Waals surface area contributed by atoms with Gasteiger partial charge in [0.25, 0.3) is 0 Å². The molecule has 0 spiro atoms. The smallest absolute Gasteiger partial charge is 0.332 e. The van der Waals surface area contributed by atoms with Crippen LogP contribution in [0.5, 0.6) is 0 Å². The summed E-state index contributed by atoms with van der Waals surface area (Å²) >= 11 is 6.78. The molecule has 222 valence electrons. The molecule has 6 rings (SSSR count). The van der Waals surface area contributed by atoms with Gasteiger partial charge < -0.3 is 20.0 Å². The Labute approximate surface area is 256 Å². The summed E-state index contributed by atoms with van der Waals surface area (Å²) in [5, 5.41) is 6.77. The molecular formula is C33H35ClN6O3. The third kappa shape index (κ3) is 5.70. The molecule has 0 aliphatic carbocycles. The van der Waals surface area contributed by atoms with Crippen LogP contribution in [0.2, 0.25) is 5.02 Å². The van der Waals surface area contributed by atoms with E-state index in [4.69, 9.17) is 11.6 Å². The van der Waals surface area contributed by atoms with E-state index in [9.17, 15) is 14.4 Å². The Bertz CT molecular complexity index is 1550. The molecule has 3 aromatic rings. The molecule has 3 aromatic carbocycles. The third-order valence-electron chi connectivity index (χ3n) is 8.47. The van der Waals surface area contributed by atoms with Crippen molar-refractivity contribution in [2.45, 2.75) is 31.7 Å². The average molecular weight is 599 g/mol. The molecule has 3 heterocycles. The van der Waals surface area contributed by atoms with Gasteiger partial charge >= 0.3 is 6.03 Å². The number of fused-ring (bicyclic) bond motifs is 2. The summed E-state index contributed by atoms with van der Waals surface area (Å²) in [7, 11) is 3.68. The lowest BCUT2D eigenvalue weighted by Gasteiger charge is -2.46. The summed E-state index contributed by atoms with van der Waals surface area (Å²) in [4.78, 5) is 46.6. The number of hydrazine groups is 1. The van der Waals surface area contributed by atoms with Gasteiger partial charge in [-0.05, 0) is 22.8 Å². The van der Waals surface area contributed by atoms with Gasteiger partial charge in [0, 0.05) is 50.7 Å². The number of nitrogens with zero attached hydrogens (tertiary/aromatic N) is 5. The van der Waals surface area contributed by atoms with Gasteiger partial charge in [-0.25, -0.2) is 4.79 Å². The normalized spacial score (nSPS) is 19.8. The van der Waals surface area contributed by atoms with Crippen LogP contribution in [0, 0.1) is 0 Å². The maximum absolute atomic E-state index is 14.2. The van der Waals surface area contributed by atoms with E-state index in [2.05, 4.69) is 22.4 Å². The van der Waals surface area contributed by atoms with E-state index in [1.807, 2.05) is 79.8 Å². The molecule has 0 bridgehead atoms. The standard InChI is InChI=1S/C33H35ClN6O3/c1-36-17-9-14-25-15-16-27(34)26(31(25)36)20-38-21-29-39(37(2)33(43)35-19-24-12-7-4-8-13-24)22-30(41)40(29)28(32(38)42)18-23-10-5-3-6-11-23/h3-16,28-29H,17-22H2,1-2H3,(H,35,43)/t28-,29+/m0/s1. The number of hydrogen-bond acceptors (Lipinski definition) is 5. The summed E-state index contributed by atoms with van der Waals surface area (Å²) < 4.78 is 0. The second kappa shape index (κ2) is 12.1. The van der Waals surface area contributed by atoms with Crippen molar-refractivity contribution in [2.75, 3.05) is 38.6 Å². The Kier molecular flexibility index (Phi) is 8.10. The number of rotatable bonds is 7. The average Bonchev–Trinajstić information content (AvgIpc) is 3.35. The van der Waals surface area contributed by atoms with Crippen molar-refractivity contribution in [1.82, 2.24) is 25.1 Å². The quantitative estimate of drug-likeness (QED) is 0.445. The van der Waals surface area contributed by atoms with Crippen molar-refractivity contribution in [3.05, 3.63) is 106 Å². The van der Waals surface area contributed by atoms with Crippen molar-refractivity contribution in [1.29, 1.82) is 0 Å². The van der Waals surface area contributed by atoms with Gasteiger partial charge in [0.1, 0.15) is 12.2 Å². The van der Waals surface area contributed by atoms with Gasteiger partial charge in [-0.2, -0.15) is 5.01 Å². The Morgan fingerprint density at radius 2 is 1.70 bits per heavy atom. The summed E-state index contributed by atoms with van der Waals surface area (Å²) in [6.07, 6.45) is 4.04. The predicted octanol–water partition coefficient (Wildman–Crippen LogP) is 3.98. The molecule has 0 saturated carbocycles. The largest absolute Gasteiger partial charge is 0.370 e. The number of halogens is 1. The number of amides is 4. The van der Waals surface area contributed by atoms with Crippen LogP contribution < -0.4 is 10.2 Å². The lowest BCUT2D eigenvalue weighted by molar-refractivity contribution is -0.157. The van der Waals surface area contributed by atoms with E-state index in [1.165, 1.54) is 5.01 Å². The van der Waals surface area contributed by atoms with Crippen LogP contribution in [0.1, 0.15) is 22.3 Å². The fourth-order valence-electron chi connectivity index (χ4n) is 6.28. The molecule has 3 aliphatic heterocycles. The monoisotopic (exact) mass is 598 g/mol. The number of carbonyl (C=O) groups is 3. The van der Waals surface area contributed by atoms with Gasteiger partial charge in [0.2, 0.25) is 11.8 Å². The summed E-state index contributed by atoms with van der Waals surface area (Å²) in [5.41, 5.74) is 4.86. The van der Waals surface area contributed by atoms with Crippen LogP contribution in [0.3, 0.4) is 0 Å². The topological polar surface area (TPSA) is 79.4 Å². The number of carbonyl (C=O) groups excluding carboxylic acids is 3. The van der Waals surface area contributed by atoms with E-state index >= 15 is 0 Å². The number of urea groups is 1. The van der Waals surface area contributed by atoms with Crippen LogP contribution in [0.4, 0.5) is 10.5 Å². The predicted molar refractivity (Wildman–Crippen MR) is 167 cm³/mol. The van der Waals surface area contributed by atoms with Crippen molar-refractivity contribution < 1.29 is 14.4 Å². The molecule has 1 N–H and O–H groups in total. The minimum Gasteiger partial charge on any atom is -0.370 e. The molecule has 0 aromatic heterocycles. The highest BCUT2D eigenvalue weighted by Gasteiger charge is 2.51. The fourth-order valence-corrected chi connectivity index (χ4v) is 6.49. The van der Waals surface area contributed by atoms with Crippen LogP contribution in [0.15, 0.2) is 78.9 Å². The zero-order valence-electron chi connectivity index (χ0n) is 24.3. The Balaban J connectivity index is 1.30. The zero-order chi connectivity index (χ0) is 30.1. The van der Waals surface area contributed by atoms with Gasteiger partial charge in [-0.1, -0.05) is 90.5 Å². The lowest BCUT2D eigenvalue weighted by atomic mass is 9.98. The number of nitrogens with one attached hydrogen (secondary N) is 1. The number of benzene rings is 3. The first-order valence-electron chi connectivity index (χ1n) is 14.5. The molecule has 2 atom stereocenters. The van der Waals surface area contributed by atoms with Crippen molar-refractivity contribution >= 4 is 41.2 Å². The molecule has 43 heavy (non-hydrogen) atoms. The van der Waals surface area contributed by atoms with Crippen molar-refractivity contribution in [3.63, 3.8) is 0 Å². The highest BCUT2D eigenvalue weighted by molar-refractivity contribution is 6.32. The Morgan fingerprint density at radius 3 is 2.42 bits per heavy atom. The molecule has 0 radical (unpaired) electrons. The summed E-state index contributed by atoms with van der Waals surface area (Å²) in [6.45, 7) is 1.64. The molecule has 4 amide bonds. The first kappa shape index (κ1) is 28.8. The Morgan fingerprint density at radius 1 is 1.00 bits per heavy atom. The van der Waals surface area contributed by atoms with E-state index < -0.39 is 12.2 Å². The van der Waals surface area contributed by atoms with E-state index in [0.29, 0.717) is 24.5 Å². The van der Waals surface area contributed by atoms with E-state index in [-0.39, 0.29) is 30.9 Å². The van der Waals surface area contributed by atoms with E-state index in [1.54, 1.807) is 21.9 Å². The minimum atomic E-state index is -0.713. The zero-order valence-corrected chi connectivity index (χ0v) is 25.1. The highest BCUT2D eigenvalue weighted by Crippen LogP contribution is 2.37. The third-order valence-corrected chi connectivity index (χ3v) is 8.82. The van der Waals surface area contributed by atoms with Crippen LogP contribution >= 0.6 is 11.6 Å². The number of hydrogen-bond donors (Lipinski definition) is 1. The van der Waals surface area contributed by atoms with Gasteiger partial charge in [-0.3, -0.25) is 14.6 Å². The SMILES string of the molecule is CN1CC=Cc2ccc(Cl)c(CN3C[C@H]4N(C(=O)CN4N(C)C(=O)NCc4ccccc4)[C@@H](Cc4ccccc4)C3=O)c21. The molecule has 10 heteroatoms. The molecule has 0 unspecified atom stereocenters. The molecular weight excluding hydrogens is 564 g/mol. The number of anilines is 1. The maximum atomic E-state index is 14.2. The van der Waals surface area contributed by atoms with Crippen LogP contribution in [0.25, 0.3) is 6.08 Å². The first-order valence-corrected chi connectivity index (χ1v) is 14.8. The molecule has 9 nitrogen and oxygen atoms in total.